The number of ether oxygens (including phenoxy) is 1. The molecular formula is C16H22N2O4. The van der Waals surface area contributed by atoms with Gasteiger partial charge < -0.3 is 14.8 Å². The topological polar surface area (TPSA) is 75.7 Å². The molecule has 0 heterocycles. The number of anilines is 1. The maximum atomic E-state index is 12.1. The van der Waals surface area contributed by atoms with Crippen molar-refractivity contribution in [3.05, 3.63) is 29.8 Å². The van der Waals surface area contributed by atoms with Crippen LogP contribution in [0.5, 0.6) is 0 Å². The third-order valence-electron chi connectivity index (χ3n) is 2.78. The maximum absolute atomic E-state index is 12.1. The summed E-state index contributed by atoms with van der Waals surface area (Å²) < 4.78 is 5.26. The van der Waals surface area contributed by atoms with Crippen LogP contribution in [0.25, 0.3) is 0 Å². The number of benzene rings is 1. The van der Waals surface area contributed by atoms with Gasteiger partial charge in [0.15, 0.2) is 0 Å². The Morgan fingerprint density at radius 1 is 1.32 bits per heavy atom. The monoisotopic (exact) mass is 306 g/mol. The third kappa shape index (κ3) is 5.20. The van der Waals surface area contributed by atoms with Crippen molar-refractivity contribution in [3.63, 3.8) is 0 Å². The molecule has 1 aromatic carbocycles. The number of rotatable bonds is 4. The molecule has 6 nitrogen and oxygen atoms in total. The van der Waals surface area contributed by atoms with E-state index in [0.29, 0.717) is 17.5 Å². The van der Waals surface area contributed by atoms with Gasteiger partial charge in [-0.1, -0.05) is 12.1 Å². The van der Waals surface area contributed by atoms with Crippen LogP contribution in [0.3, 0.4) is 0 Å². The predicted molar refractivity (Wildman–Crippen MR) is 83.5 cm³/mol. The molecule has 120 valence electrons. The molecule has 0 radical (unpaired) electrons. The van der Waals surface area contributed by atoms with Crippen molar-refractivity contribution in [1.82, 2.24) is 4.90 Å². The molecule has 0 aliphatic rings. The summed E-state index contributed by atoms with van der Waals surface area (Å²) in [6, 6.07) is 6.00. The molecule has 1 atom stereocenters. The van der Waals surface area contributed by atoms with Gasteiger partial charge in [-0.05, 0) is 38.5 Å². The van der Waals surface area contributed by atoms with Crippen LogP contribution < -0.4 is 5.32 Å². The Kier molecular flexibility index (Phi) is 5.68. The SMILES string of the molecule is CC(=O)Nc1cccc(C(C=O)N(C)C(=O)OC(C)(C)C)c1. The zero-order chi connectivity index (χ0) is 16.9. The number of hydrogen-bond acceptors (Lipinski definition) is 4. The second-order valence-electron chi connectivity index (χ2n) is 5.98. The van der Waals surface area contributed by atoms with Crippen LogP contribution in [-0.2, 0) is 14.3 Å². The molecule has 6 heteroatoms. The number of carbonyl (C=O) groups excluding carboxylic acids is 3. The number of nitrogens with one attached hydrogen (secondary N) is 1. The van der Waals surface area contributed by atoms with Gasteiger partial charge >= 0.3 is 6.09 Å². The first kappa shape index (κ1) is 17.7. The van der Waals surface area contributed by atoms with Gasteiger partial charge in [0.05, 0.1) is 0 Å². The number of aldehydes is 1. The summed E-state index contributed by atoms with van der Waals surface area (Å²) in [6.07, 6.45) is 0.0751. The molecule has 0 aliphatic heterocycles. The quantitative estimate of drug-likeness (QED) is 0.868. The van der Waals surface area contributed by atoms with Crippen molar-refractivity contribution in [2.24, 2.45) is 0 Å². The van der Waals surface area contributed by atoms with E-state index in [1.54, 1.807) is 45.0 Å². The van der Waals surface area contributed by atoms with E-state index in [1.807, 2.05) is 0 Å². The van der Waals surface area contributed by atoms with Crippen molar-refractivity contribution in [3.8, 4) is 0 Å². The highest BCUT2D eigenvalue weighted by molar-refractivity contribution is 5.88. The molecular weight excluding hydrogens is 284 g/mol. The lowest BCUT2D eigenvalue weighted by Gasteiger charge is -2.28. The average molecular weight is 306 g/mol. The summed E-state index contributed by atoms with van der Waals surface area (Å²) in [5.74, 6) is -0.208. The number of hydrogen-bond donors (Lipinski definition) is 1. The van der Waals surface area contributed by atoms with Gasteiger partial charge in [-0.15, -0.1) is 0 Å². The minimum atomic E-state index is -0.788. The molecule has 1 unspecified atom stereocenters. The van der Waals surface area contributed by atoms with Crippen molar-refractivity contribution in [2.45, 2.75) is 39.3 Å². The molecule has 1 rings (SSSR count). The van der Waals surface area contributed by atoms with E-state index in [9.17, 15) is 14.4 Å². The Labute approximate surface area is 130 Å². The van der Waals surface area contributed by atoms with E-state index < -0.39 is 17.7 Å². The Morgan fingerprint density at radius 3 is 2.45 bits per heavy atom. The smallest absolute Gasteiger partial charge is 0.410 e. The molecule has 0 fully saturated rings. The molecule has 0 bridgehead atoms. The van der Waals surface area contributed by atoms with Gasteiger partial charge in [0.1, 0.15) is 17.9 Å². The van der Waals surface area contributed by atoms with Gasteiger partial charge in [-0.2, -0.15) is 0 Å². The summed E-state index contributed by atoms with van der Waals surface area (Å²) in [5, 5.41) is 2.64. The third-order valence-corrected chi connectivity index (χ3v) is 2.78. The summed E-state index contributed by atoms with van der Waals surface area (Å²) in [6.45, 7) is 6.67. The fourth-order valence-electron chi connectivity index (χ4n) is 1.84. The summed E-state index contributed by atoms with van der Waals surface area (Å²) in [7, 11) is 1.50. The molecule has 1 N–H and O–H groups in total. The molecule has 1 aromatic rings. The van der Waals surface area contributed by atoms with Crippen LogP contribution >= 0.6 is 0 Å². The van der Waals surface area contributed by atoms with E-state index in [-0.39, 0.29) is 5.91 Å². The minimum Gasteiger partial charge on any atom is -0.444 e. The van der Waals surface area contributed by atoms with Crippen LogP contribution in [0.4, 0.5) is 10.5 Å². The van der Waals surface area contributed by atoms with Crippen molar-refractivity contribution < 1.29 is 19.1 Å². The lowest BCUT2D eigenvalue weighted by molar-refractivity contribution is -0.114. The van der Waals surface area contributed by atoms with Crippen molar-refractivity contribution in [2.75, 3.05) is 12.4 Å². The van der Waals surface area contributed by atoms with Crippen LogP contribution in [0, 0.1) is 0 Å². The van der Waals surface area contributed by atoms with Crippen LogP contribution in [0.2, 0.25) is 0 Å². The average Bonchev–Trinajstić information content (AvgIpc) is 2.37. The maximum Gasteiger partial charge on any atom is 0.410 e. The fraction of sp³-hybridized carbons (Fsp3) is 0.438. The van der Waals surface area contributed by atoms with Crippen molar-refractivity contribution >= 4 is 24.0 Å². The van der Waals surface area contributed by atoms with E-state index in [2.05, 4.69) is 5.32 Å². The van der Waals surface area contributed by atoms with Crippen molar-refractivity contribution in [1.29, 1.82) is 0 Å². The molecule has 0 aliphatic carbocycles. The lowest BCUT2D eigenvalue weighted by Crippen LogP contribution is -2.37. The molecule has 0 spiro atoms. The Hall–Kier alpha value is -2.37. The Balaban J connectivity index is 2.98. The molecule has 0 aromatic heterocycles. The predicted octanol–water partition coefficient (Wildman–Crippen LogP) is 2.75. The molecule has 0 saturated heterocycles. The summed E-state index contributed by atoms with van der Waals surface area (Å²) in [4.78, 5) is 35.8. The first-order valence-corrected chi connectivity index (χ1v) is 6.92. The van der Waals surface area contributed by atoms with Gasteiger partial charge in [0.25, 0.3) is 0 Å². The number of likely N-dealkylation sites (N-methyl/N-ethyl adjacent to an activating group) is 1. The van der Waals surface area contributed by atoms with E-state index in [0.717, 1.165) is 0 Å². The highest BCUT2D eigenvalue weighted by Crippen LogP contribution is 2.22. The first-order chi connectivity index (χ1) is 10.1. The number of nitrogens with zero attached hydrogens (tertiary/aromatic N) is 1. The second-order valence-corrected chi connectivity index (χ2v) is 5.98. The van der Waals surface area contributed by atoms with Gasteiger partial charge in [0, 0.05) is 19.7 Å². The molecule has 22 heavy (non-hydrogen) atoms. The fourth-order valence-corrected chi connectivity index (χ4v) is 1.84. The highest BCUT2D eigenvalue weighted by Gasteiger charge is 2.26. The number of carbonyl (C=O) groups is 3. The van der Waals surface area contributed by atoms with Crippen LogP contribution in [0.15, 0.2) is 24.3 Å². The van der Waals surface area contributed by atoms with Crippen LogP contribution in [0.1, 0.15) is 39.3 Å². The molecule has 2 amide bonds. The van der Waals surface area contributed by atoms with E-state index >= 15 is 0 Å². The first-order valence-electron chi connectivity index (χ1n) is 6.92. The largest absolute Gasteiger partial charge is 0.444 e. The zero-order valence-corrected chi connectivity index (χ0v) is 13.5. The normalized spacial score (nSPS) is 12.2. The second kappa shape index (κ2) is 7.06. The lowest BCUT2D eigenvalue weighted by atomic mass is 10.1. The van der Waals surface area contributed by atoms with Gasteiger partial charge in [-0.3, -0.25) is 9.69 Å². The summed E-state index contributed by atoms with van der Waals surface area (Å²) >= 11 is 0. The van der Waals surface area contributed by atoms with Gasteiger partial charge in [0.2, 0.25) is 5.91 Å². The highest BCUT2D eigenvalue weighted by atomic mass is 16.6. The minimum absolute atomic E-state index is 0.208. The zero-order valence-electron chi connectivity index (χ0n) is 13.5. The number of amides is 2. The Bertz CT molecular complexity index is 564. The standard InChI is InChI=1S/C16H22N2O4/c1-11(20)17-13-8-6-7-12(9-13)14(10-19)18(5)15(21)22-16(2,3)4/h6-10,14H,1-5H3,(H,17,20). The van der Waals surface area contributed by atoms with Crippen LogP contribution in [-0.4, -0.2) is 35.8 Å². The van der Waals surface area contributed by atoms with E-state index in [4.69, 9.17) is 4.74 Å². The molecule has 0 saturated carbocycles. The Morgan fingerprint density at radius 2 is 1.95 bits per heavy atom. The van der Waals surface area contributed by atoms with E-state index in [1.165, 1.54) is 18.9 Å². The van der Waals surface area contributed by atoms with Gasteiger partial charge in [-0.25, -0.2) is 4.79 Å². The summed E-state index contributed by atoms with van der Waals surface area (Å²) in [5.41, 5.74) is 0.514.